The first-order chi connectivity index (χ1) is 63.4. The van der Waals surface area contributed by atoms with Crippen molar-refractivity contribution in [3.8, 4) is 77.9 Å². The van der Waals surface area contributed by atoms with Crippen molar-refractivity contribution in [2.75, 3.05) is 19.6 Å². The molecule has 0 atom stereocenters. The zero-order valence-corrected chi connectivity index (χ0v) is 69.5. The van der Waals surface area contributed by atoms with Gasteiger partial charge in [0, 0.05) is 122 Å². The quantitative estimate of drug-likeness (QED) is 0.0793. The fourth-order valence-corrected chi connectivity index (χ4v) is 18.8. The lowest BCUT2D eigenvalue weighted by Gasteiger charge is -2.27. The van der Waals surface area contributed by atoms with Gasteiger partial charge in [-0.2, -0.15) is 0 Å². The van der Waals surface area contributed by atoms with Crippen LogP contribution in [0.5, 0.6) is 0 Å². The third kappa shape index (κ3) is 13.6. The van der Waals surface area contributed by atoms with E-state index in [2.05, 4.69) is 456 Å². The van der Waals surface area contributed by atoms with E-state index in [-0.39, 0.29) is 0 Å². The second-order valence-electron chi connectivity index (χ2n) is 32.7. The lowest BCUT2D eigenvalue weighted by molar-refractivity contribution is 0.668. The first-order valence-corrected chi connectivity index (χ1v) is 43.4. The maximum Gasteiger partial charge on any atom is 0.143 e. The number of fused-ring (bicyclic) bond motifs is 12. The summed E-state index contributed by atoms with van der Waals surface area (Å²) >= 11 is 0. The molecule has 602 valence electrons. The fourth-order valence-electron chi connectivity index (χ4n) is 18.8. The van der Waals surface area contributed by atoms with Gasteiger partial charge in [-0.15, -0.1) is 0 Å². The van der Waals surface area contributed by atoms with Crippen LogP contribution in [0.25, 0.3) is 166 Å². The van der Waals surface area contributed by atoms with Crippen LogP contribution in [0.15, 0.2) is 491 Å². The minimum absolute atomic E-state index is 0.814. The summed E-state index contributed by atoms with van der Waals surface area (Å²) in [6.07, 6.45) is 0. The molecule has 0 N–H and O–H groups in total. The highest BCUT2D eigenvalue weighted by molar-refractivity contribution is 6.13. The lowest BCUT2D eigenvalue weighted by Crippen LogP contribution is -2.10. The van der Waals surface area contributed by atoms with E-state index in [1.807, 2.05) is 36.4 Å². The Balaban J connectivity index is 0.540. The van der Waals surface area contributed by atoms with Crippen LogP contribution < -0.4 is 19.6 Å². The Hall–Kier alpha value is -17.2. The molecule has 0 aliphatic heterocycles. The Morgan fingerprint density at radius 1 is 0.117 bits per heavy atom. The molecule has 0 saturated carbocycles. The van der Waals surface area contributed by atoms with Crippen molar-refractivity contribution in [2.24, 2.45) is 0 Å². The van der Waals surface area contributed by atoms with E-state index in [0.29, 0.717) is 0 Å². The minimum atomic E-state index is 0.814. The van der Waals surface area contributed by atoms with Crippen LogP contribution in [0.4, 0.5) is 68.2 Å². The molecule has 0 aliphatic rings. The van der Waals surface area contributed by atoms with Crippen molar-refractivity contribution < 1.29 is 17.7 Å². The standard InChI is InChI=1S/C120H78N4O4/c1-4-30-91(31-5-1)121(96-62-53-81(54-63-96)103-42-21-44-108-105-39-10-14-47-114(105)127-119(103)108)98-36-18-27-87(73-98)85-25-17-26-86(72-85)88-28-19-37-99(74-88)124(97-64-55-82(56-65-97)104-43-22-45-109-106-40-11-15-48-115(106)128-120(104)109)100-38-20-29-89(75-100)90-57-68-116-110(76-90)112-78-102(67-70-118(112)126-116)123(93-34-8-3-9-35-93)95-60-51-80(52-61-95)84-24-16-23-83(71-84)79-49-58-94(59-50-79)122(92-32-6-2-7-33-92)101-66-69-117-111(77-101)107-41-12-13-46-113(107)125-117/h1-78H. The molecular weight excluding hydrogens is 1560 g/mol. The normalized spacial score (nSPS) is 11.6. The van der Waals surface area contributed by atoms with Gasteiger partial charge in [-0.1, -0.05) is 273 Å². The Kier molecular flexibility index (Phi) is 18.4. The number of para-hydroxylation sites is 8. The number of furan rings is 4. The molecule has 0 bridgehead atoms. The largest absolute Gasteiger partial charge is 0.456 e. The third-order valence-electron chi connectivity index (χ3n) is 25.0. The van der Waals surface area contributed by atoms with Gasteiger partial charge in [-0.25, -0.2) is 0 Å². The summed E-state index contributed by atoms with van der Waals surface area (Å²) < 4.78 is 26.1. The summed E-state index contributed by atoms with van der Waals surface area (Å²) in [5, 5.41) is 8.67. The third-order valence-corrected chi connectivity index (χ3v) is 25.0. The summed E-state index contributed by atoms with van der Waals surface area (Å²) in [6, 6.07) is 169. The Bertz CT molecular complexity index is 8320. The van der Waals surface area contributed by atoms with Crippen molar-refractivity contribution in [1.29, 1.82) is 0 Å². The van der Waals surface area contributed by atoms with Gasteiger partial charge in [-0.3, -0.25) is 0 Å². The molecule has 8 heteroatoms. The smallest absolute Gasteiger partial charge is 0.143 e. The van der Waals surface area contributed by atoms with Crippen LogP contribution in [0.3, 0.4) is 0 Å². The molecular formula is C120H78N4O4. The predicted octanol–water partition coefficient (Wildman–Crippen LogP) is 34.8. The number of rotatable bonds is 19. The minimum Gasteiger partial charge on any atom is -0.456 e. The maximum atomic E-state index is 6.75. The van der Waals surface area contributed by atoms with Gasteiger partial charge in [0.2, 0.25) is 0 Å². The molecule has 0 fully saturated rings. The molecule has 0 aliphatic carbocycles. The van der Waals surface area contributed by atoms with Crippen molar-refractivity contribution in [2.45, 2.75) is 0 Å². The molecule has 8 nitrogen and oxygen atoms in total. The van der Waals surface area contributed by atoms with Crippen LogP contribution in [0.2, 0.25) is 0 Å². The van der Waals surface area contributed by atoms with Crippen molar-refractivity contribution in [1.82, 2.24) is 0 Å². The predicted molar refractivity (Wildman–Crippen MR) is 532 cm³/mol. The first kappa shape index (κ1) is 74.6. The number of hydrogen-bond acceptors (Lipinski definition) is 8. The molecule has 0 radical (unpaired) electrons. The first-order valence-electron chi connectivity index (χ1n) is 43.4. The molecule has 4 heterocycles. The average molecular weight is 1640 g/mol. The molecule has 0 amide bonds. The van der Waals surface area contributed by atoms with E-state index in [9.17, 15) is 0 Å². The van der Waals surface area contributed by atoms with Gasteiger partial charge in [0.05, 0.1) is 0 Å². The van der Waals surface area contributed by atoms with Gasteiger partial charge in [0.25, 0.3) is 0 Å². The van der Waals surface area contributed by atoms with E-state index in [0.717, 1.165) is 234 Å². The monoisotopic (exact) mass is 1640 g/mol. The summed E-state index contributed by atoms with van der Waals surface area (Å²) in [5.41, 5.74) is 34.6. The van der Waals surface area contributed by atoms with Crippen molar-refractivity contribution in [3.05, 3.63) is 473 Å². The number of benzene rings is 20. The van der Waals surface area contributed by atoms with Gasteiger partial charge >= 0.3 is 0 Å². The van der Waals surface area contributed by atoms with E-state index >= 15 is 0 Å². The Morgan fingerprint density at radius 2 is 0.344 bits per heavy atom. The van der Waals surface area contributed by atoms with Crippen LogP contribution >= 0.6 is 0 Å². The summed E-state index contributed by atoms with van der Waals surface area (Å²) in [7, 11) is 0. The van der Waals surface area contributed by atoms with E-state index in [1.54, 1.807) is 0 Å². The van der Waals surface area contributed by atoms with Gasteiger partial charge in [0.15, 0.2) is 0 Å². The molecule has 0 spiro atoms. The van der Waals surface area contributed by atoms with Crippen LogP contribution in [0.1, 0.15) is 0 Å². The second kappa shape index (κ2) is 31.6. The SMILES string of the molecule is c1ccc(N(c2ccc(-c3cccc4c3oc3ccccc34)cc2)c2cccc(-c3cccc(-c4cccc(N(c5ccc(-c6cccc7c6oc6ccccc67)cc5)c5cccc(-c6ccc7oc8ccc(N(c9ccccc9)c9ccc(-c%10cccc(-c%11ccc(N(c%12ccccc%12)c%12ccc%13oc%14ccccc%14c%13c%12)cc%11)c%10)cc9)cc8c7c6)c5)c4)c3)c2)cc1. The lowest BCUT2D eigenvalue weighted by atomic mass is 9.97. The van der Waals surface area contributed by atoms with Crippen LogP contribution in [-0.2, 0) is 0 Å². The van der Waals surface area contributed by atoms with Crippen LogP contribution in [0, 0.1) is 0 Å². The number of anilines is 12. The topological polar surface area (TPSA) is 65.5 Å². The molecule has 0 saturated heterocycles. The van der Waals surface area contributed by atoms with Crippen LogP contribution in [-0.4, -0.2) is 0 Å². The Morgan fingerprint density at radius 3 is 0.734 bits per heavy atom. The van der Waals surface area contributed by atoms with E-state index in [1.165, 1.54) is 0 Å². The van der Waals surface area contributed by atoms with Crippen molar-refractivity contribution in [3.63, 3.8) is 0 Å². The zero-order chi connectivity index (χ0) is 84.5. The molecule has 4 aromatic heterocycles. The van der Waals surface area contributed by atoms with Gasteiger partial charge in [0.1, 0.15) is 44.7 Å². The molecule has 20 aromatic carbocycles. The molecule has 128 heavy (non-hydrogen) atoms. The van der Waals surface area contributed by atoms with Gasteiger partial charge in [-0.05, 0) is 267 Å². The highest BCUT2D eigenvalue weighted by Gasteiger charge is 2.24. The molecule has 24 aromatic rings. The summed E-state index contributed by atoms with van der Waals surface area (Å²) in [5.74, 6) is 0. The fraction of sp³-hybridized carbons (Fsp3) is 0. The summed E-state index contributed by atoms with van der Waals surface area (Å²) in [6.45, 7) is 0. The zero-order valence-electron chi connectivity index (χ0n) is 69.5. The highest BCUT2D eigenvalue weighted by Crippen LogP contribution is 2.48. The second-order valence-corrected chi connectivity index (χ2v) is 32.7. The van der Waals surface area contributed by atoms with Gasteiger partial charge < -0.3 is 37.3 Å². The Labute approximate surface area is 739 Å². The highest BCUT2D eigenvalue weighted by atomic mass is 16.3. The average Bonchev–Trinajstić information content (AvgIpc) is 1.76. The van der Waals surface area contributed by atoms with E-state index < -0.39 is 0 Å². The van der Waals surface area contributed by atoms with Crippen molar-refractivity contribution >= 4 is 156 Å². The summed E-state index contributed by atoms with van der Waals surface area (Å²) in [4.78, 5) is 9.35. The number of hydrogen-bond donors (Lipinski definition) is 0. The number of nitrogens with zero attached hydrogens (tertiary/aromatic N) is 4. The molecule has 24 rings (SSSR count). The maximum absolute atomic E-state index is 6.75. The molecule has 0 unspecified atom stereocenters. The van der Waals surface area contributed by atoms with E-state index in [4.69, 9.17) is 17.7 Å².